The van der Waals surface area contributed by atoms with Crippen LogP contribution in [-0.2, 0) is 9.59 Å². The van der Waals surface area contributed by atoms with Crippen LogP contribution in [0.4, 0.5) is 0 Å². The van der Waals surface area contributed by atoms with Crippen molar-refractivity contribution >= 4 is 11.8 Å². The van der Waals surface area contributed by atoms with E-state index in [1.807, 2.05) is 5.32 Å². The van der Waals surface area contributed by atoms with Gasteiger partial charge in [-0.3, -0.25) is 14.9 Å². The predicted octanol–water partition coefficient (Wildman–Crippen LogP) is -1.14. The van der Waals surface area contributed by atoms with Gasteiger partial charge in [-0.2, -0.15) is 5.26 Å². The zero-order valence-electron chi connectivity index (χ0n) is 5.76. The van der Waals surface area contributed by atoms with E-state index >= 15 is 0 Å². The molecule has 1 rings (SSSR count). The molecular formula is C6H7N3O2. The molecule has 1 atom stereocenters. The van der Waals surface area contributed by atoms with E-state index in [1.54, 1.807) is 0 Å². The molecule has 58 valence electrons. The van der Waals surface area contributed by atoms with E-state index in [1.165, 1.54) is 6.19 Å². The lowest BCUT2D eigenvalue weighted by atomic mass is 10.2. The van der Waals surface area contributed by atoms with E-state index < -0.39 is 11.9 Å². The first kappa shape index (κ1) is 7.54. The quantitative estimate of drug-likeness (QED) is 0.369. The van der Waals surface area contributed by atoms with Crippen LogP contribution in [0.25, 0.3) is 0 Å². The minimum atomic E-state index is -0.512. The second kappa shape index (κ2) is 3.01. The van der Waals surface area contributed by atoms with Crippen molar-refractivity contribution in [1.82, 2.24) is 10.6 Å². The maximum Gasteiger partial charge on any atom is 0.255 e. The van der Waals surface area contributed by atoms with Crippen molar-refractivity contribution in [3.8, 4) is 6.19 Å². The number of hydrogen-bond acceptors (Lipinski definition) is 3. The molecule has 5 heteroatoms. The summed E-state index contributed by atoms with van der Waals surface area (Å²) >= 11 is 0. The Labute approximate surface area is 63.4 Å². The normalized spacial score (nSPS) is 22.1. The highest BCUT2D eigenvalue weighted by atomic mass is 16.2. The van der Waals surface area contributed by atoms with Gasteiger partial charge in [0.25, 0.3) is 5.91 Å². The van der Waals surface area contributed by atoms with Gasteiger partial charge in [0.1, 0.15) is 6.04 Å². The van der Waals surface area contributed by atoms with Gasteiger partial charge in [0.15, 0.2) is 6.19 Å². The summed E-state index contributed by atoms with van der Waals surface area (Å²) < 4.78 is 0. The molecule has 1 aliphatic rings. The number of carbonyl (C=O) groups is 2. The SMILES string of the molecule is N#CNC(=O)C1CCC(=O)N1. The van der Waals surface area contributed by atoms with Gasteiger partial charge in [-0.1, -0.05) is 0 Å². The van der Waals surface area contributed by atoms with E-state index in [0.717, 1.165) is 0 Å². The largest absolute Gasteiger partial charge is 0.344 e. The van der Waals surface area contributed by atoms with Crippen LogP contribution in [-0.4, -0.2) is 17.9 Å². The van der Waals surface area contributed by atoms with Crippen LogP contribution >= 0.6 is 0 Å². The zero-order valence-corrected chi connectivity index (χ0v) is 5.76. The Kier molecular flexibility index (Phi) is 2.06. The summed E-state index contributed by atoms with van der Waals surface area (Å²) in [4.78, 5) is 21.4. The fourth-order valence-corrected chi connectivity index (χ4v) is 0.953. The lowest BCUT2D eigenvalue weighted by Gasteiger charge is -2.04. The first-order chi connectivity index (χ1) is 5.24. The number of carbonyl (C=O) groups excluding carboxylic acids is 2. The molecule has 0 radical (unpaired) electrons. The number of hydrogen-bond donors (Lipinski definition) is 2. The van der Waals surface area contributed by atoms with Crippen LogP contribution in [0.15, 0.2) is 0 Å². The van der Waals surface area contributed by atoms with Gasteiger partial charge in [-0.25, -0.2) is 0 Å². The molecular weight excluding hydrogens is 146 g/mol. The molecule has 1 heterocycles. The molecule has 0 saturated carbocycles. The van der Waals surface area contributed by atoms with E-state index in [0.29, 0.717) is 12.8 Å². The summed E-state index contributed by atoms with van der Waals surface area (Å²) in [5.74, 6) is -0.568. The molecule has 2 N–H and O–H groups in total. The van der Waals surface area contributed by atoms with Gasteiger partial charge in [0.05, 0.1) is 0 Å². The fraction of sp³-hybridized carbons (Fsp3) is 0.500. The average Bonchev–Trinajstić information content (AvgIpc) is 2.36. The van der Waals surface area contributed by atoms with Crippen molar-refractivity contribution in [3.63, 3.8) is 0 Å². The maximum absolute atomic E-state index is 10.8. The highest BCUT2D eigenvalue weighted by Crippen LogP contribution is 2.05. The molecule has 0 aromatic heterocycles. The van der Waals surface area contributed by atoms with Crippen LogP contribution in [0.3, 0.4) is 0 Å². The Morgan fingerprint density at radius 1 is 1.82 bits per heavy atom. The van der Waals surface area contributed by atoms with Crippen molar-refractivity contribution in [2.75, 3.05) is 0 Å². The lowest BCUT2D eigenvalue weighted by Crippen LogP contribution is -2.39. The molecule has 1 unspecified atom stereocenters. The molecule has 0 bridgehead atoms. The average molecular weight is 153 g/mol. The van der Waals surface area contributed by atoms with Crippen LogP contribution in [0.2, 0.25) is 0 Å². The number of nitriles is 1. The van der Waals surface area contributed by atoms with Crippen LogP contribution in [0.5, 0.6) is 0 Å². The molecule has 11 heavy (non-hydrogen) atoms. The number of rotatable bonds is 1. The Balaban J connectivity index is 2.44. The van der Waals surface area contributed by atoms with Gasteiger partial charge in [0.2, 0.25) is 5.91 Å². The van der Waals surface area contributed by atoms with E-state index in [2.05, 4.69) is 5.32 Å². The standard InChI is InChI=1S/C6H7N3O2/c7-3-8-6(11)4-1-2-5(10)9-4/h4H,1-2H2,(H,8,11)(H,9,10). The Bertz CT molecular complexity index is 230. The van der Waals surface area contributed by atoms with E-state index in [4.69, 9.17) is 5.26 Å². The molecule has 0 aromatic rings. The number of amides is 2. The maximum atomic E-state index is 10.8. The lowest BCUT2D eigenvalue weighted by molar-refractivity contribution is -0.125. The van der Waals surface area contributed by atoms with Crippen molar-refractivity contribution < 1.29 is 9.59 Å². The molecule has 5 nitrogen and oxygen atoms in total. The Morgan fingerprint density at radius 2 is 2.55 bits per heavy atom. The van der Waals surface area contributed by atoms with Crippen molar-refractivity contribution in [2.24, 2.45) is 0 Å². The van der Waals surface area contributed by atoms with E-state index in [-0.39, 0.29) is 5.91 Å². The summed E-state index contributed by atoms with van der Waals surface area (Å²) in [7, 11) is 0. The van der Waals surface area contributed by atoms with Crippen LogP contribution in [0.1, 0.15) is 12.8 Å². The zero-order chi connectivity index (χ0) is 8.27. The monoisotopic (exact) mass is 153 g/mol. The van der Waals surface area contributed by atoms with Gasteiger partial charge in [-0.05, 0) is 6.42 Å². The molecule has 1 fully saturated rings. The molecule has 0 spiro atoms. The predicted molar refractivity (Wildman–Crippen MR) is 34.9 cm³/mol. The summed E-state index contributed by atoms with van der Waals surface area (Å²) in [5, 5.41) is 12.5. The molecule has 1 aliphatic heterocycles. The number of nitrogens with one attached hydrogen (secondary N) is 2. The summed E-state index contributed by atoms with van der Waals surface area (Å²) in [5.41, 5.74) is 0. The topological polar surface area (TPSA) is 82.0 Å². The molecule has 2 amide bonds. The van der Waals surface area contributed by atoms with Gasteiger partial charge in [-0.15, -0.1) is 0 Å². The third-order valence-corrected chi connectivity index (χ3v) is 1.49. The second-order valence-corrected chi connectivity index (χ2v) is 2.26. The molecule has 0 aliphatic carbocycles. The van der Waals surface area contributed by atoms with Crippen LogP contribution < -0.4 is 10.6 Å². The van der Waals surface area contributed by atoms with Crippen LogP contribution in [0, 0.1) is 11.5 Å². The summed E-state index contributed by atoms with van der Waals surface area (Å²) in [6.45, 7) is 0. The van der Waals surface area contributed by atoms with Gasteiger partial charge in [0, 0.05) is 6.42 Å². The highest BCUT2D eigenvalue weighted by Gasteiger charge is 2.26. The summed E-state index contributed by atoms with van der Waals surface area (Å²) in [6.07, 6.45) is 2.35. The fourth-order valence-electron chi connectivity index (χ4n) is 0.953. The first-order valence-electron chi connectivity index (χ1n) is 3.22. The van der Waals surface area contributed by atoms with Gasteiger partial charge < -0.3 is 5.32 Å². The Hall–Kier alpha value is -1.57. The first-order valence-corrected chi connectivity index (χ1v) is 3.22. The third kappa shape index (κ3) is 1.67. The smallest absolute Gasteiger partial charge is 0.255 e. The number of nitrogens with zero attached hydrogens (tertiary/aromatic N) is 1. The molecule has 1 saturated heterocycles. The van der Waals surface area contributed by atoms with Gasteiger partial charge >= 0.3 is 0 Å². The third-order valence-electron chi connectivity index (χ3n) is 1.49. The van der Waals surface area contributed by atoms with Crippen molar-refractivity contribution in [1.29, 1.82) is 5.26 Å². The minimum Gasteiger partial charge on any atom is -0.344 e. The van der Waals surface area contributed by atoms with Crippen molar-refractivity contribution in [3.05, 3.63) is 0 Å². The van der Waals surface area contributed by atoms with Crippen molar-refractivity contribution in [2.45, 2.75) is 18.9 Å². The second-order valence-electron chi connectivity index (χ2n) is 2.26. The highest BCUT2D eigenvalue weighted by molar-refractivity contribution is 5.91. The minimum absolute atomic E-state index is 0.136. The molecule has 0 aromatic carbocycles. The van der Waals surface area contributed by atoms with E-state index in [9.17, 15) is 9.59 Å². The summed E-state index contributed by atoms with van der Waals surface area (Å²) in [6, 6.07) is -0.512. The Morgan fingerprint density at radius 3 is 3.00 bits per heavy atom.